The Morgan fingerprint density at radius 1 is 1.33 bits per heavy atom. The predicted octanol–water partition coefficient (Wildman–Crippen LogP) is 1.71. The van der Waals surface area contributed by atoms with E-state index >= 15 is 0 Å². The van der Waals surface area contributed by atoms with Crippen LogP contribution in [-0.4, -0.2) is 35.5 Å². The number of hydrogen-bond acceptors (Lipinski definition) is 4. The molecule has 0 atom stereocenters. The minimum Gasteiger partial charge on any atom is -0.357 e. The zero-order valence-corrected chi connectivity index (χ0v) is 11.6. The summed E-state index contributed by atoms with van der Waals surface area (Å²) in [5.41, 5.74) is 0.424. The molecule has 1 aromatic heterocycles. The van der Waals surface area contributed by atoms with Crippen molar-refractivity contribution in [1.82, 2.24) is 15.3 Å². The lowest BCUT2D eigenvalue weighted by molar-refractivity contribution is 0.0944. The standard InChI is InChI=1S/C13H22N4O/c1-5-17(6-2)12-7-11(15-9-16-12)13(18)14-8-10(3)4/h7,9-10H,5-6,8H2,1-4H3,(H,14,18). The molecule has 0 aromatic carbocycles. The molecule has 1 heterocycles. The Labute approximate surface area is 109 Å². The number of hydrogen-bond donors (Lipinski definition) is 1. The van der Waals surface area contributed by atoms with E-state index in [2.05, 4.69) is 47.9 Å². The molecule has 0 aliphatic heterocycles. The van der Waals surface area contributed by atoms with Crippen LogP contribution in [-0.2, 0) is 0 Å². The molecule has 0 saturated carbocycles. The Hall–Kier alpha value is -1.65. The Morgan fingerprint density at radius 3 is 2.56 bits per heavy atom. The van der Waals surface area contributed by atoms with E-state index in [9.17, 15) is 4.79 Å². The zero-order chi connectivity index (χ0) is 13.5. The van der Waals surface area contributed by atoms with Crippen LogP contribution in [0.3, 0.4) is 0 Å². The number of nitrogens with one attached hydrogen (secondary N) is 1. The summed E-state index contributed by atoms with van der Waals surface area (Å²) in [7, 11) is 0. The van der Waals surface area contributed by atoms with Gasteiger partial charge >= 0.3 is 0 Å². The molecule has 0 spiro atoms. The van der Waals surface area contributed by atoms with Crippen LogP contribution in [0.15, 0.2) is 12.4 Å². The first-order valence-electron chi connectivity index (χ1n) is 6.43. The quantitative estimate of drug-likeness (QED) is 0.835. The minimum absolute atomic E-state index is 0.139. The fourth-order valence-electron chi connectivity index (χ4n) is 1.58. The van der Waals surface area contributed by atoms with E-state index in [-0.39, 0.29) is 5.91 Å². The van der Waals surface area contributed by atoms with Gasteiger partial charge in [-0.25, -0.2) is 9.97 Å². The van der Waals surface area contributed by atoms with Crippen LogP contribution in [0.4, 0.5) is 5.82 Å². The maximum atomic E-state index is 11.9. The van der Waals surface area contributed by atoms with Crippen molar-refractivity contribution in [1.29, 1.82) is 0 Å². The van der Waals surface area contributed by atoms with Crippen LogP contribution in [0.1, 0.15) is 38.2 Å². The molecule has 0 saturated heterocycles. The van der Waals surface area contributed by atoms with Crippen molar-refractivity contribution in [2.75, 3.05) is 24.5 Å². The number of nitrogens with zero attached hydrogens (tertiary/aromatic N) is 3. The molecule has 18 heavy (non-hydrogen) atoms. The average molecular weight is 250 g/mol. The van der Waals surface area contributed by atoms with Gasteiger partial charge in [0.25, 0.3) is 5.91 Å². The Bertz CT molecular complexity index is 388. The highest BCUT2D eigenvalue weighted by molar-refractivity contribution is 5.92. The summed E-state index contributed by atoms with van der Waals surface area (Å²) in [6.07, 6.45) is 1.44. The van der Waals surface area contributed by atoms with Gasteiger partial charge in [0.1, 0.15) is 17.8 Å². The molecule has 1 N–H and O–H groups in total. The maximum Gasteiger partial charge on any atom is 0.270 e. The van der Waals surface area contributed by atoms with Crippen LogP contribution in [0.2, 0.25) is 0 Å². The van der Waals surface area contributed by atoms with Gasteiger partial charge < -0.3 is 10.2 Å². The monoisotopic (exact) mass is 250 g/mol. The third kappa shape index (κ3) is 3.98. The van der Waals surface area contributed by atoms with Crippen molar-refractivity contribution in [3.8, 4) is 0 Å². The molecule has 0 bridgehead atoms. The SMILES string of the molecule is CCN(CC)c1cc(C(=O)NCC(C)C)ncn1. The molecule has 100 valence electrons. The first-order chi connectivity index (χ1) is 8.58. The Kier molecular flexibility index (Phi) is 5.55. The summed E-state index contributed by atoms with van der Waals surface area (Å²) in [4.78, 5) is 22.2. The van der Waals surface area contributed by atoms with Gasteiger partial charge in [-0.2, -0.15) is 0 Å². The fraction of sp³-hybridized carbons (Fsp3) is 0.615. The second-order valence-corrected chi connectivity index (χ2v) is 4.54. The largest absolute Gasteiger partial charge is 0.357 e. The normalized spacial score (nSPS) is 10.5. The van der Waals surface area contributed by atoms with Crippen molar-refractivity contribution < 1.29 is 4.79 Å². The van der Waals surface area contributed by atoms with Crippen LogP contribution in [0.25, 0.3) is 0 Å². The summed E-state index contributed by atoms with van der Waals surface area (Å²) in [5.74, 6) is 1.09. The molecular weight excluding hydrogens is 228 g/mol. The lowest BCUT2D eigenvalue weighted by Gasteiger charge is -2.19. The van der Waals surface area contributed by atoms with Gasteiger partial charge in [-0.05, 0) is 19.8 Å². The molecule has 0 unspecified atom stereocenters. The number of aromatic nitrogens is 2. The van der Waals surface area contributed by atoms with Gasteiger partial charge in [0.05, 0.1) is 0 Å². The molecular formula is C13H22N4O. The zero-order valence-electron chi connectivity index (χ0n) is 11.6. The highest BCUT2D eigenvalue weighted by atomic mass is 16.1. The van der Waals surface area contributed by atoms with Gasteiger partial charge in [-0.15, -0.1) is 0 Å². The molecule has 0 aliphatic rings. The second-order valence-electron chi connectivity index (χ2n) is 4.54. The number of anilines is 1. The van der Waals surface area contributed by atoms with E-state index in [1.165, 1.54) is 6.33 Å². The Morgan fingerprint density at radius 2 is 2.00 bits per heavy atom. The minimum atomic E-state index is -0.139. The van der Waals surface area contributed by atoms with E-state index in [1.54, 1.807) is 6.07 Å². The first kappa shape index (κ1) is 14.4. The molecule has 0 fully saturated rings. The Balaban J connectivity index is 2.78. The molecule has 1 rings (SSSR count). The molecule has 0 radical (unpaired) electrons. The molecule has 1 aromatic rings. The smallest absolute Gasteiger partial charge is 0.270 e. The summed E-state index contributed by atoms with van der Waals surface area (Å²) < 4.78 is 0. The summed E-state index contributed by atoms with van der Waals surface area (Å²) in [5, 5.41) is 2.85. The lowest BCUT2D eigenvalue weighted by Crippen LogP contribution is -2.29. The van der Waals surface area contributed by atoms with E-state index in [0.29, 0.717) is 18.2 Å². The van der Waals surface area contributed by atoms with Crippen molar-refractivity contribution >= 4 is 11.7 Å². The summed E-state index contributed by atoms with van der Waals surface area (Å²) in [6, 6.07) is 1.74. The van der Waals surface area contributed by atoms with Gasteiger partial charge in [-0.3, -0.25) is 4.79 Å². The molecule has 0 aliphatic carbocycles. The van der Waals surface area contributed by atoms with E-state index < -0.39 is 0 Å². The van der Waals surface area contributed by atoms with E-state index in [1.807, 2.05) is 0 Å². The number of carbonyl (C=O) groups excluding carboxylic acids is 1. The van der Waals surface area contributed by atoms with E-state index in [4.69, 9.17) is 0 Å². The van der Waals surface area contributed by atoms with Crippen molar-refractivity contribution in [3.63, 3.8) is 0 Å². The average Bonchev–Trinajstić information content (AvgIpc) is 2.38. The third-order valence-corrected chi connectivity index (χ3v) is 2.64. The van der Waals surface area contributed by atoms with Gasteiger partial charge in [-0.1, -0.05) is 13.8 Å². The number of rotatable bonds is 6. The van der Waals surface area contributed by atoms with Crippen LogP contribution in [0, 0.1) is 5.92 Å². The van der Waals surface area contributed by atoms with Gasteiger partial charge in [0.15, 0.2) is 0 Å². The predicted molar refractivity (Wildman–Crippen MR) is 72.8 cm³/mol. The van der Waals surface area contributed by atoms with Crippen molar-refractivity contribution in [2.24, 2.45) is 5.92 Å². The topological polar surface area (TPSA) is 58.1 Å². The van der Waals surface area contributed by atoms with Crippen molar-refractivity contribution in [2.45, 2.75) is 27.7 Å². The van der Waals surface area contributed by atoms with Crippen molar-refractivity contribution in [3.05, 3.63) is 18.1 Å². The summed E-state index contributed by atoms with van der Waals surface area (Å²) in [6.45, 7) is 10.6. The molecule has 5 heteroatoms. The number of carbonyl (C=O) groups is 1. The molecule has 5 nitrogen and oxygen atoms in total. The fourth-order valence-corrected chi connectivity index (χ4v) is 1.58. The van der Waals surface area contributed by atoms with Crippen LogP contribution < -0.4 is 10.2 Å². The first-order valence-corrected chi connectivity index (χ1v) is 6.43. The van der Waals surface area contributed by atoms with Gasteiger partial charge in [0, 0.05) is 25.7 Å². The highest BCUT2D eigenvalue weighted by Gasteiger charge is 2.11. The van der Waals surface area contributed by atoms with Crippen LogP contribution >= 0.6 is 0 Å². The molecule has 1 amide bonds. The lowest BCUT2D eigenvalue weighted by atomic mass is 10.2. The second kappa shape index (κ2) is 6.93. The van der Waals surface area contributed by atoms with Gasteiger partial charge in [0.2, 0.25) is 0 Å². The van der Waals surface area contributed by atoms with E-state index in [0.717, 1.165) is 18.9 Å². The van der Waals surface area contributed by atoms with Crippen LogP contribution in [0.5, 0.6) is 0 Å². The third-order valence-electron chi connectivity index (χ3n) is 2.64. The number of amides is 1. The maximum absolute atomic E-state index is 11.9. The summed E-state index contributed by atoms with van der Waals surface area (Å²) >= 11 is 0. The highest BCUT2D eigenvalue weighted by Crippen LogP contribution is 2.10.